The van der Waals surface area contributed by atoms with Crippen molar-refractivity contribution < 1.29 is 4.79 Å². The predicted molar refractivity (Wildman–Crippen MR) is 69.4 cm³/mol. The summed E-state index contributed by atoms with van der Waals surface area (Å²) in [6.07, 6.45) is 3.49. The normalized spacial score (nSPS) is 16.3. The first-order valence-corrected chi connectivity index (χ1v) is 7.35. The number of likely N-dealkylation sites (tertiary alicyclic amines) is 1. The van der Waals surface area contributed by atoms with Gasteiger partial charge in [-0.3, -0.25) is 4.79 Å². The van der Waals surface area contributed by atoms with Crippen molar-refractivity contribution in [2.45, 2.75) is 44.3 Å². The molecule has 0 aliphatic carbocycles. The second-order valence-corrected chi connectivity index (χ2v) is 5.67. The van der Waals surface area contributed by atoms with Crippen LogP contribution in [0, 0.1) is 0 Å². The van der Waals surface area contributed by atoms with Crippen molar-refractivity contribution in [3.8, 4) is 0 Å². The van der Waals surface area contributed by atoms with Crippen LogP contribution in [0.15, 0.2) is 5.16 Å². The van der Waals surface area contributed by atoms with Gasteiger partial charge in [-0.15, -0.1) is 5.10 Å². The van der Waals surface area contributed by atoms with Gasteiger partial charge >= 0.3 is 0 Å². The van der Waals surface area contributed by atoms with Gasteiger partial charge in [-0.2, -0.15) is 0 Å². The SMILES string of the molecule is CC(C)n1nnnc1SCC(=O)N1CCCCC1. The van der Waals surface area contributed by atoms with E-state index in [0.29, 0.717) is 5.75 Å². The predicted octanol–water partition coefficient (Wildman–Crippen LogP) is 1.36. The number of nitrogens with zero attached hydrogens (tertiary/aromatic N) is 5. The highest BCUT2D eigenvalue weighted by molar-refractivity contribution is 7.99. The van der Waals surface area contributed by atoms with Gasteiger partial charge in [0.25, 0.3) is 0 Å². The second kappa shape index (κ2) is 6.17. The summed E-state index contributed by atoms with van der Waals surface area (Å²) in [5, 5.41) is 12.2. The fourth-order valence-electron chi connectivity index (χ4n) is 1.97. The van der Waals surface area contributed by atoms with Crippen LogP contribution in [0.25, 0.3) is 0 Å². The average molecular weight is 269 g/mol. The van der Waals surface area contributed by atoms with E-state index in [9.17, 15) is 4.79 Å². The van der Waals surface area contributed by atoms with Crippen molar-refractivity contribution in [3.63, 3.8) is 0 Å². The van der Waals surface area contributed by atoms with Gasteiger partial charge < -0.3 is 4.90 Å². The lowest BCUT2D eigenvalue weighted by atomic mass is 10.1. The molecular weight excluding hydrogens is 250 g/mol. The number of aromatic nitrogens is 4. The van der Waals surface area contributed by atoms with E-state index in [2.05, 4.69) is 15.5 Å². The van der Waals surface area contributed by atoms with Crippen molar-refractivity contribution in [3.05, 3.63) is 0 Å². The molecule has 0 atom stereocenters. The lowest BCUT2D eigenvalue weighted by molar-refractivity contribution is -0.129. The minimum atomic E-state index is 0.193. The summed E-state index contributed by atoms with van der Waals surface area (Å²) < 4.78 is 1.74. The molecule has 1 saturated heterocycles. The second-order valence-electron chi connectivity index (χ2n) is 4.73. The molecule has 1 aromatic heterocycles. The van der Waals surface area contributed by atoms with Crippen LogP contribution in [0.4, 0.5) is 0 Å². The van der Waals surface area contributed by atoms with E-state index in [1.807, 2.05) is 18.7 Å². The molecule has 1 fully saturated rings. The Hall–Kier alpha value is -1.11. The number of thioether (sulfide) groups is 1. The molecule has 2 heterocycles. The monoisotopic (exact) mass is 269 g/mol. The van der Waals surface area contributed by atoms with Crippen molar-refractivity contribution >= 4 is 17.7 Å². The molecule has 6 nitrogen and oxygen atoms in total. The van der Waals surface area contributed by atoms with Crippen LogP contribution in [0.1, 0.15) is 39.2 Å². The lowest BCUT2D eigenvalue weighted by Crippen LogP contribution is -2.36. The third-order valence-corrected chi connectivity index (χ3v) is 3.90. The van der Waals surface area contributed by atoms with Crippen LogP contribution in [-0.4, -0.2) is 49.9 Å². The average Bonchev–Trinajstić information content (AvgIpc) is 2.85. The molecule has 0 unspecified atom stereocenters. The van der Waals surface area contributed by atoms with E-state index in [4.69, 9.17) is 0 Å². The third-order valence-electron chi connectivity index (χ3n) is 2.99. The first kappa shape index (κ1) is 13.3. The molecule has 0 saturated carbocycles. The Labute approximate surface area is 111 Å². The molecule has 0 bridgehead atoms. The topological polar surface area (TPSA) is 63.9 Å². The number of hydrogen-bond acceptors (Lipinski definition) is 5. The zero-order chi connectivity index (χ0) is 13.0. The Kier molecular flexibility index (Phi) is 4.57. The van der Waals surface area contributed by atoms with Gasteiger partial charge in [0, 0.05) is 13.1 Å². The number of piperidine rings is 1. The molecule has 1 aliphatic heterocycles. The van der Waals surface area contributed by atoms with E-state index in [0.717, 1.165) is 31.1 Å². The number of hydrogen-bond donors (Lipinski definition) is 0. The summed E-state index contributed by atoms with van der Waals surface area (Å²) in [6, 6.07) is 0.215. The van der Waals surface area contributed by atoms with E-state index in [1.165, 1.54) is 18.2 Å². The molecule has 1 aromatic rings. The fraction of sp³-hybridized carbons (Fsp3) is 0.818. The Balaban J connectivity index is 1.86. The van der Waals surface area contributed by atoms with Gasteiger partial charge in [-0.05, 0) is 43.5 Å². The van der Waals surface area contributed by atoms with Crippen LogP contribution in [0.2, 0.25) is 0 Å². The molecule has 0 aromatic carbocycles. The molecule has 2 rings (SSSR count). The molecule has 18 heavy (non-hydrogen) atoms. The maximum atomic E-state index is 12.0. The van der Waals surface area contributed by atoms with Crippen LogP contribution < -0.4 is 0 Å². The summed E-state index contributed by atoms with van der Waals surface area (Å²) in [4.78, 5) is 13.9. The number of rotatable bonds is 4. The van der Waals surface area contributed by atoms with Gasteiger partial charge in [0.2, 0.25) is 11.1 Å². The molecule has 1 amide bonds. The van der Waals surface area contributed by atoms with Crippen LogP contribution in [-0.2, 0) is 4.79 Å². The first-order chi connectivity index (χ1) is 8.68. The maximum Gasteiger partial charge on any atom is 0.233 e. The van der Waals surface area contributed by atoms with Gasteiger partial charge in [-0.1, -0.05) is 11.8 Å². The summed E-state index contributed by atoms with van der Waals surface area (Å²) in [5.41, 5.74) is 0. The molecule has 0 N–H and O–H groups in total. The molecule has 0 radical (unpaired) electrons. The highest BCUT2D eigenvalue weighted by atomic mass is 32.2. The Morgan fingerprint density at radius 3 is 2.72 bits per heavy atom. The minimum absolute atomic E-state index is 0.193. The number of amides is 1. The van der Waals surface area contributed by atoms with Crippen LogP contribution in [0.5, 0.6) is 0 Å². The first-order valence-electron chi connectivity index (χ1n) is 6.37. The molecule has 0 spiro atoms. The highest BCUT2D eigenvalue weighted by Gasteiger charge is 2.18. The molecule has 1 aliphatic rings. The number of tetrazole rings is 1. The Morgan fingerprint density at radius 1 is 1.33 bits per heavy atom. The summed E-state index contributed by atoms with van der Waals surface area (Å²) in [5.74, 6) is 0.616. The smallest absolute Gasteiger partial charge is 0.233 e. The van der Waals surface area contributed by atoms with Crippen LogP contribution >= 0.6 is 11.8 Å². The summed E-state index contributed by atoms with van der Waals surface area (Å²) in [6.45, 7) is 5.84. The van der Waals surface area contributed by atoms with Crippen molar-refractivity contribution in [2.75, 3.05) is 18.8 Å². The largest absolute Gasteiger partial charge is 0.342 e. The standard InChI is InChI=1S/C11H19N5OS/c1-9(2)16-11(12-13-14-16)18-8-10(17)15-6-4-3-5-7-15/h9H,3-8H2,1-2H3. The summed E-state index contributed by atoms with van der Waals surface area (Å²) in [7, 11) is 0. The zero-order valence-corrected chi connectivity index (χ0v) is 11.7. The van der Waals surface area contributed by atoms with Gasteiger partial charge in [-0.25, -0.2) is 4.68 Å². The van der Waals surface area contributed by atoms with Crippen molar-refractivity contribution in [1.82, 2.24) is 25.1 Å². The fourth-order valence-corrected chi connectivity index (χ4v) is 2.87. The quantitative estimate of drug-likeness (QED) is 0.772. The highest BCUT2D eigenvalue weighted by Crippen LogP contribution is 2.18. The van der Waals surface area contributed by atoms with Crippen LogP contribution in [0.3, 0.4) is 0 Å². The summed E-state index contributed by atoms with van der Waals surface area (Å²) >= 11 is 1.42. The lowest BCUT2D eigenvalue weighted by Gasteiger charge is -2.26. The Bertz CT molecular complexity index is 400. The molecule has 100 valence electrons. The van der Waals surface area contributed by atoms with Crippen molar-refractivity contribution in [1.29, 1.82) is 0 Å². The third kappa shape index (κ3) is 3.22. The number of carbonyl (C=O) groups excluding carboxylic acids is 1. The van der Waals surface area contributed by atoms with E-state index in [1.54, 1.807) is 4.68 Å². The zero-order valence-electron chi connectivity index (χ0n) is 10.9. The van der Waals surface area contributed by atoms with Gasteiger partial charge in [0.15, 0.2) is 0 Å². The van der Waals surface area contributed by atoms with Gasteiger partial charge in [0.05, 0.1) is 11.8 Å². The molecule has 7 heteroatoms. The van der Waals surface area contributed by atoms with E-state index in [-0.39, 0.29) is 11.9 Å². The minimum Gasteiger partial charge on any atom is -0.342 e. The van der Waals surface area contributed by atoms with Crippen molar-refractivity contribution in [2.24, 2.45) is 0 Å². The van der Waals surface area contributed by atoms with E-state index < -0.39 is 0 Å². The number of carbonyl (C=O) groups is 1. The van der Waals surface area contributed by atoms with Gasteiger partial charge in [0.1, 0.15) is 0 Å². The Morgan fingerprint density at radius 2 is 2.06 bits per heavy atom. The maximum absolute atomic E-state index is 12.0. The van der Waals surface area contributed by atoms with E-state index >= 15 is 0 Å². The molecular formula is C11H19N5OS.